The van der Waals surface area contributed by atoms with Gasteiger partial charge in [0.2, 0.25) is 10.0 Å². The van der Waals surface area contributed by atoms with Gasteiger partial charge >= 0.3 is 0 Å². The van der Waals surface area contributed by atoms with Gasteiger partial charge in [-0.1, -0.05) is 6.07 Å². The summed E-state index contributed by atoms with van der Waals surface area (Å²) >= 11 is 0. The lowest BCUT2D eigenvalue weighted by atomic mass is 10.1. The van der Waals surface area contributed by atoms with Crippen LogP contribution in [0.1, 0.15) is 18.5 Å². The summed E-state index contributed by atoms with van der Waals surface area (Å²) in [5.41, 5.74) is 0.810. The number of aryl methyl sites for hydroxylation is 1. The first kappa shape index (κ1) is 13.5. The molecule has 0 aromatic carbocycles. The van der Waals surface area contributed by atoms with E-state index in [1.54, 1.807) is 6.20 Å². The van der Waals surface area contributed by atoms with Crippen LogP contribution < -0.4 is 10.0 Å². The van der Waals surface area contributed by atoms with Crippen molar-refractivity contribution in [2.24, 2.45) is 0 Å². The molecular weight excluding hydrogens is 250 g/mol. The summed E-state index contributed by atoms with van der Waals surface area (Å²) < 4.78 is 26.6. The van der Waals surface area contributed by atoms with Crippen molar-refractivity contribution in [2.45, 2.75) is 25.3 Å². The zero-order chi connectivity index (χ0) is 12.8. The third kappa shape index (κ3) is 4.36. The van der Waals surface area contributed by atoms with Crippen molar-refractivity contribution in [1.82, 2.24) is 15.0 Å². The molecule has 1 saturated heterocycles. The van der Waals surface area contributed by atoms with Gasteiger partial charge in [0.05, 0.1) is 5.75 Å². The van der Waals surface area contributed by atoms with E-state index in [9.17, 15) is 8.42 Å². The van der Waals surface area contributed by atoms with E-state index in [2.05, 4.69) is 15.0 Å². The van der Waals surface area contributed by atoms with Crippen molar-refractivity contribution in [3.8, 4) is 0 Å². The van der Waals surface area contributed by atoms with E-state index in [0.717, 1.165) is 31.6 Å². The van der Waals surface area contributed by atoms with E-state index >= 15 is 0 Å². The maximum atomic E-state index is 11.9. The van der Waals surface area contributed by atoms with Crippen LogP contribution in [0.25, 0.3) is 0 Å². The highest BCUT2D eigenvalue weighted by atomic mass is 32.2. The fraction of sp³-hybridized carbons (Fsp3) is 0.583. The topological polar surface area (TPSA) is 71.1 Å². The van der Waals surface area contributed by atoms with Gasteiger partial charge in [-0.2, -0.15) is 0 Å². The summed E-state index contributed by atoms with van der Waals surface area (Å²) in [5, 5.41) is 3.19. The Hall–Kier alpha value is -0.980. The Labute approximate surface area is 108 Å². The van der Waals surface area contributed by atoms with Crippen molar-refractivity contribution >= 4 is 10.0 Å². The minimum atomic E-state index is -3.21. The summed E-state index contributed by atoms with van der Waals surface area (Å²) in [5.74, 6) is 0.0977. The molecule has 5 nitrogen and oxygen atoms in total. The Morgan fingerprint density at radius 2 is 2.33 bits per heavy atom. The highest BCUT2D eigenvalue weighted by molar-refractivity contribution is 7.89. The number of piperidine rings is 1. The predicted octanol–water partition coefficient (Wildman–Crippen LogP) is 0.295. The van der Waals surface area contributed by atoms with Crippen LogP contribution in [0, 0.1) is 0 Å². The second-order valence-electron chi connectivity index (χ2n) is 4.55. The van der Waals surface area contributed by atoms with Gasteiger partial charge in [-0.15, -0.1) is 0 Å². The van der Waals surface area contributed by atoms with Crippen LogP contribution in [-0.4, -0.2) is 38.3 Å². The molecule has 1 aliphatic heterocycles. The van der Waals surface area contributed by atoms with Gasteiger partial charge < -0.3 is 5.32 Å². The van der Waals surface area contributed by atoms with Gasteiger partial charge in [0.1, 0.15) is 0 Å². The average molecular weight is 269 g/mol. The number of nitrogens with one attached hydrogen (secondary N) is 2. The fourth-order valence-electron chi connectivity index (χ4n) is 2.05. The highest BCUT2D eigenvalue weighted by Crippen LogP contribution is 2.04. The third-order valence-electron chi connectivity index (χ3n) is 3.00. The quantitative estimate of drug-likeness (QED) is 0.806. The Kier molecular flexibility index (Phi) is 4.68. The van der Waals surface area contributed by atoms with E-state index in [0.29, 0.717) is 6.42 Å². The van der Waals surface area contributed by atoms with Gasteiger partial charge in [-0.25, -0.2) is 13.1 Å². The van der Waals surface area contributed by atoms with Gasteiger partial charge in [-0.3, -0.25) is 4.98 Å². The number of aromatic nitrogens is 1. The molecule has 0 radical (unpaired) electrons. The van der Waals surface area contributed by atoms with Crippen molar-refractivity contribution in [3.05, 3.63) is 30.1 Å². The molecule has 0 spiro atoms. The smallest absolute Gasteiger partial charge is 0.212 e. The maximum Gasteiger partial charge on any atom is 0.212 e. The molecule has 100 valence electrons. The molecule has 1 aliphatic rings. The van der Waals surface area contributed by atoms with Crippen LogP contribution in [0.5, 0.6) is 0 Å². The standard InChI is InChI=1S/C12H19N3O2S/c16-18(17,15-12-5-3-7-13-10-12)9-6-11-4-1-2-8-14-11/h1-2,4,8,12-13,15H,3,5-7,9-10H2/t12-/m0/s1. The molecule has 0 unspecified atom stereocenters. The van der Waals surface area contributed by atoms with Crippen LogP contribution in [-0.2, 0) is 16.4 Å². The van der Waals surface area contributed by atoms with E-state index in [-0.39, 0.29) is 11.8 Å². The SMILES string of the molecule is O=S(=O)(CCc1ccccn1)N[C@H]1CCCNC1. The number of hydrogen-bond donors (Lipinski definition) is 2. The molecule has 6 heteroatoms. The van der Waals surface area contributed by atoms with Crippen LogP contribution >= 0.6 is 0 Å². The van der Waals surface area contributed by atoms with Crippen molar-refractivity contribution in [3.63, 3.8) is 0 Å². The number of pyridine rings is 1. The van der Waals surface area contributed by atoms with Gasteiger partial charge in [-0.05, 0) is 31.5 Å². The van der Waals surface area contributed by atoms with Gasteiger partial charge in [0.25, 0.3) is 0 Å². The molecule has 0 bridgehead atoms. The van der Waals surface area contributed by atoms with E-state index in [1.165, 1.54) is 0 Å². The molecule has 2 heterocycles. The lowest BCUT2D eigenvalue weighted by Gasteiger charge is -2.23. The van der Waals surface area contributed by atoms with Gasteiger partial charge in [0, 0.05) is 30.9 Å². The van der Waals surface area contributed by atoms with Gasteiger partial charge in [0.15, 0.2) is 0 Å². The lowest BCUT2D eigenvalue weighted by molar-refractivity contribution is 0.428. The molecule has 0 saturated carbocycles. The van der Waals surface area contributed by atoms with E-state index in [1.807, 2.05) is 18.2 Å². The molecule has 0 aliphatic carbocycles. The number of sulfonamides is 1. The molecule has 1 aromatic rings. The molecule has 1 aromatic heterocycles. The number of nitrogens with zero attached hydrogens (tertiary/aromatic N) is 1. The van der Waals surface area contributed by atoms with E-state index in [4.69, 9.17) is 0 Å². The maximum absolute atomic E-state index is 11.9. The molecule has 1 fully saturated rings. The van der Waals surface area contributed by atoms with Crippen LogP contribution in [0.3, 0.4) is 0 Å². The summed E-state index contributed by atoms with van der Waals surface area (Å²) in [4.78, 5) is 4.12. The molecule has 2 rings (SSSR count). The lowest BCUT2D eigenvalue weighted by Crippen LogP contribution is -2.46. The number of hydrogen-bond acceptors (Lipinski definition) is 4. The molecule has 1 atom stereocenters. The monoisotopic (exact) mass is 269 g/mol. The second-order valence-corrected chi connectivity index (χ2v) is 6.42. The number of rotatable bonds is 5. The Balaban J connectivity index is 1.83. The zero-order valence-electron chi connectivity index (χ0n) is 10.3. The summed E-state index contributed by atoms with van der Waals surface area (Å²) in [6.45, 7) is 1.70. The Bertz CT molecular complexity index is 455. The first-order chi connectivity index (χ1) is 8.66. The first-order valence-electron chi connectivity index (χ1n) is 6.26. The Morgan fingerprint density at radius 3 is 3.00 bits per heavy atom. The van der Waals surface area contributed by atoms with Crippen LogP contribution in [0.4, 0.5) is 0 Å². The normalized spacial score (nSPS) is 20.8. The van der Waals surface area contributed by atoms with Crippen LogP contribution in [0.2, 0.25) is 0 Å². The molecule has 0 amide bonds. The third-order valence-corrected chi connectivity index (χ3v) is 4.43. The van der Waals surface area contributed by atoms with E-state index < -0.39 is 10.0 Å². The first-order valence-corrected chi connectivity index (χ1v) is 7.91. The minimum Gasteiger partial charge on any atom is -0.315 e. The Morgan fingerprint density at radius 1 is 1.44 bits per heavy atom. The molecule has 18 heavy (non-hydrogen) atoms. The summed E-state index contributed by atoms with van der Waals surface area (Å²) in [6, 6.07) is 5.57. The van der Waals surface area contributed by atoms with Crippen molar-refractivity contribution in [1.29, 1.82) is 0 Å². The second kappa shape index (κ2) is 6.26. The van der Waals surface area contributed by atoms with Crippen molar-refractivity contribution in [2.75, 3.05) is 18.8 Å². The molecule has 2 N–H and O–H groups in total. The summed E-state index contributed by atoms with van der Waals surface area (Å²) in [7, 11) is -3.21. The average Bonchev–Trinajstić information content (AvgIpc) is 2.38. The highest BCUT2D eigenvalue weighted by Gasteiger charge is 2.19. The van der Waals surface area contributed by atoms with Crippen LogP contribution in [0.15, 0.2) is 24.4 Å². The minimum absolute atomic E-state index is 0.0347. The largest absolute Gasteiger partial charge is 0.315 e. The summed E-state index contributed by atoms with van der Waals surface area (Å²) in [6.07, 6.45) is 4.07. The molecular formula is C12H19N3O2S. The van der Waals surface area contributed by atoms with Crippen molar-refractivity contribution < 1.29 is 8.42 Å². The predicted molar refractivity (Wildman–Crippen MR) is 70.8 cm³/mol. The zero-order valence-corrected chi connectivity index (χ0v) is 11.1. The fourth-order valence-corrected chi connectivity index (χ4v) is 3.35.